The summed E-state index contributed by atoms with van der Waals surface area (Å²) in [5.41, 5.74) is 5.29. The van der Waals surface area contributed by atoms with Gasteiger partial charge in [0.05, 0.1) is 5.56 Å². The van der Waals surface area contributed by atoms with Gasteiger partial charge in [-0.25, -0.2) is 9.80 Å². The number of benzene rings is 2. The number of fused-ring (bicyclic) bond motifs is 1. The maximum absolute atomic E-state index is 13.0. The van der Waals surface area contributed by atoms with Gasteiger partial charge in [0.25, 0.3) is 11.8 Å². The number of carboxylic acid groups (broad SMARTS) is 1. The molecule has 0 saturated heterocycles. The zero-order valence-electron chi connectivity index (χ0n) is 15.4. The Kier molecular flexibility index (Phi) is 5.30. The van der Waals surface area contributed by atoms with E-state index in [0.29, 0.717) is 17.3 Å². The van der Waals surface area contributed by atoms with E-state index in [1.54, 1.807) is 18.2 Å². The van der Waals surface area contributed by atoms with Crippen molar-refractivity contribution in [1.82, 2.24) is 10.4 Å². The minimum atomic E-state index is -1.25. The Hall–Kier alpha value is -3.81. The molecule has 0 saturated carbocycles. The second kappa shape index (κ2) is 7.83. The van der Waals surface area contributed by atoms with E-state index in [4.69, 9.17) is 5.11 Å². The van der Waals surface area contributed by atoms with E-state index in [9.17, 15) is 14.4 Å². The number of nitrogens with one attached hydrogen (secondary N) is 2. The summed E-state index contributed by atoms with van der Waals surface area (Å²) in [7, 11) is 3.85. The minimum absolute atomic E-state index is 0.395. The van der Waals surface area contributed by atoms with Gasteiger partial charge in [-0.15, -0.1) is 0 Å². The molecule has 0 fully saturated rings. The fourth-order valence-electron chi connectivity index (χ4n) is 2.86. The van der Waals surface area contributed by atoms with Crippen LogP contribution in [0, 0.1) is 0 Å². The molecule has 8 nitrogen and oxygen atoms in total. The average molecular weight is 380 g/mol. The molecular weight excluding hydrogens is 360 g/mol. The first kappa shape index (κ1) is 19.0. The number of hydrogen-bond acceptors (Lipinski definition) is 5. The first-order chi connectivity index (χ1) is 13.4. The highest BCUT2D eigenvalue weighted by Gasteiger charge is 2.34. The molecule has 144 valence electrons. The fourth-order valence-corrected chi connectivity index (χ4v) is 2.86. The van der Waals surface area contributed by atoms with Crippen LogP contribution >= 0.6 is 0 Å². The van der Waals surface area contributed by atoms with Gasteiger partial charge >= 0.3 is 5.97 Å². The largest absolute Gasteiger partial charge is 0.478 e. The molecule has 2 amide bonds. The van der Waals surface area contributed by atoms with Gasteiger partial charge in [-0.1, -0.05) is 24.3 Å². The summed E-state index contributed by atoms with van der Waals surface area (Å²) in [6.45, 7) is 0. The molecule has 1 aliphatic heterocycles. The van der Waals surface area contributed by atoms with Crippen LogP contribution in [-0.4, -0.2) is 42.0 Å². The molecule has 0 spiro atoms. The second-order valence-corrected chi connectivity index (χ2v) is 6.40. The lowest BCUT2D eigenvalue weighted by Gasteiger charge is -2.37. The molecule has 0 unspecified atom stereocenters. The van der Waals surface area contributed by atoms with Crippen LogP contribution in [0.5, 0.6) is 0 Å². The molecule has 2 aromatic rings. The van der Waals surface area contributed by atoms with Gasteiger partial charge in [-0.3, -0.25) is 15.0 Å². The number of anilines is 2. The van der Waals surface area contributed by atoms with Crippen LogP contribution in [0.1, 0.15) is 22.1 Å². The summed E-state index contributed by atoms with van der Waals surface area (Å²) in [6.07, 6.45) is 0.926. The quantitative estimate of drug-likeness (QED) is 0.686. The Morgan fingerprint density at radius 3 is 2.43 bits per heavy atom. The normalized spacial score (nSPS) is 15.7. The number of carbonyl (C=O) groups is 3. The van der Waals surface area contributed by atoms with Gasteiger partial charge in [-0.2, -0.15) is 0 Å². The van der Waals surface area contributed by atoms with Crippen molar-refractivity contribution in [3.05, 3.63) is 71.8 Å². The maximum atomic E-state index is 13.0. The van der Waals surface area contributed by atoms with Gasteiger partial charge in [-0.05, 0) is 29.8 Å². The number of amides is 2. The van der Waals surface area contributed by atoms with Gasteiger partial charge < -0.3 is 15.3 Å². The number of carbonyl (C=O) groups excluding carboxylic acids is 2. The van der Waals surface area contributed by atoms with Gasteiger partial charge in [0.2, 0.25) is 0 Å². The van der Waals surface area contributed by atoms with Crippen LogP contribution in [0.3, 0.4) is 0 Å². The third-order valence-corrected chi connectivity index (χ3v) is 4.26. The number of aliphatic carboxylic acids is 1. The molecule has 0 radical (unpaired) electrons. The summed E-state index contributed by atoms with van der Waals surface area (Å²) < 4.78 is 0. The fraction of sp³-hybridized carbons (Fsp3) is 0.150. The average Bonchev–Trinajstić information content (AvgIpc) is 2.68. The minimum Gasteiger partial charge on any atom is -0.478 e. The third kappa shape index (κ3) is 3.96. The zero-order valence-corrected chi connectivity index (χ0v) is 15.4. The van der Waals surface area contributed by atoms with Crippen molar-refractivity contribution in [2.24, 2.45) is 0 Å². The third-order valence-electron chi connectivity index (χ3n) is 4.26. The lowest BCUT2D eigenvalue weighted by Crippen LogP contribution is -2.52. The van der Waals surface area contributed by atoms with Gasteiger partial charge in [0, 0.05) is 37.6 Å². The first-order valence-corrected chi connectivity index (χ1v) is 8.55. The first-order valence-electron chi connectivity index (χ1n) is 8.55. The van der Waals surface area contributed by atoms with Crippen molar-refractivity contribution in [3.8, 4) is 0 Å². The SMILES string of the molecule is CN(C)c1ccc([C@@H]2Nc3ccccc3C(=O)N2NC(=O)C=CC(=O)O)cc1. The molecule has 0 aliphatic carbocycles. The predicted molar refractivity (Wildman–Crippen MR) is 105 cm³/mol. The van der Waals surface area contributed by atoms with Crippen LogP contribution in [0.15, 0.2) is 60.7 Å². The predicted octanol–water partition coefficient (Wildman–Crippen LogP) is 1.99. The standard InChI is InChI=1S/C20H20N4O4/c1-23(2)14-9-7-13(8-10-14)19-21-16-6-4-3-5-15(16)20(28)24(19)22-17(25)11-12-18(26)27/h3-12,19,21H,1-2H3,(H,22,25)(H,26,27)/t19-/m1/s1. The molecule has 3 N–H and O–H groups in total. The lowest BCUT2D eigenvalue weighted by molar-refractivity contribution is -0.131. The molecule has 2 aromatic carbocycles. The summed E-state index contributed by atoms with van der Waals surface area (Å²) in [5.74, 6) is -2.36. The van der Waals surface area contributed by atoms with E-state index in [1.807, 2.05) is 49.3 Å². The molecule has 1 heterocycles. The Balaban J connectivity index is 1.95. The van der Waals surface area contributed by atoms with E-state index in [2.05, 4.69) is 10.7 Å². The number of para-hydroxylation sites is 1. The molecule has 1 atom stereocenters. The Morgan fingerprint density at radius 2 is 1.79 bits per heavy atom. The highest BCUT2D eigenvalue weighted by molar-refractivity contribution is 6.03. The van der Waals surface area contributed by atoms with Crippen molar-refractivity contribution >= 4 is 29.2 Å². The molecule has 28 heavy (non-hydrogen) atoms. The summed E-state index contributed by atoms with van der Waals surface area (Å²) in [5, 5.41) is 13.1. The number of carboxylic acids is 1. The molecule has 0 bridgehead atoms. The molecular formula is C20H20N4O4. The van der Waals surface area contributed by atoms with Crippen LogP contribution in [0.4, 0.5) is 11.4 Å². The number of nitrogens with zero attached hydrogens (tertiary/aromatic N) is 2. The van der Waals surface area contributed by atoms with Crippen molar-refractivity contribution in [2.75, 3.05) is 24.3 Å². The van der Waals surface area contributed by atoms with Crippen molar-refractivity contribution in [3.63, 3.8) is 0 Å². The van der Waals surface area contributed by atoms with Crippen LogP contribution < -0.4 is 15.6 Å². The highest BCUT2D eigenvalue weighted by atomic mass is 16.4. The monoisotopic (exact) mass is 380 g/mol. The highest BCUT2D eigenvalue weighted by Crippen LogP contribution is 2.32. The number of hydrogen-bond donors (Lipinski definition) is 3. The summed E-state index contributed by atoms with van der Waals surface area (Å²) in [6, 6.07) is 14.5. The van der Waals surface area contributed by atoms with Crippen molar-refractivity contribution in [2.45, 2.75) is 6.17 Å². The molecule has 3 rings (SSSR count). The van der Waals surface area contributed by atoms with Crippen molar-refractivity contribution in [1.29, 1.82) is 0 Å². The topological polar surface area (TPSA) is 102 Å². The van der Waals surface area contributed by atoms with Gasteiger partial charge in [0.15, 0.2) is 0 Å². The van der Waals surface area contributed by atoms with Crippen LogP contribution in [0.25, 0.3) is 0 Å². The van der Waals surface area contributed by atoms with E-state index in [-0.39, 0.29) is 0 Å². The zero-order chi connectivity index (χ0) is 20.3. The molecule has 1 aliphatic rings. The Labute approximate surface area is 162 Å². The van der Waals surface area contributed by atoms with E-state index < -0.39 is 23.9 Å². The van der Waals surface area contributed by atoms with E-state index >= 15 is 0 Å². The maximum Gasteiger partial charge on any atom is 0.328 e. The Morgan fingerprint density at radius 1 is 1.11 bits per heavy atom. The molecule has 8 heteroatoms. The second-order valence-electron chi connectivity index (χ2n) is 6.40. The summed E-state index contributed by atoms with van der Waals surface area (Å²) in [4.78, 5) is 37.7. The van der Waals surface area contributed by atoms with E-state index in [0.717, 1.165) is 17.3 Å². The van der Waals surface area contributed by atoms with E-state index in [1.165, 1.54) is 5.01 Å². The molecule has 0 aromatic heterocycles. The summed E-state index contributed by atoms with van der Waals surface area (Å²) >= 11 is 0. The Bertz CT molecular complexity index is 937. The van der Waals surface area contributed by atoms with Gasteiger partial charge in [0.1, 0.15) is 6.17 Å². The van der Waals surface area contributed by atoms with Crippen molar-refractivity contribution < 1.29 is 19.5 Å². The number of hydrazine groups is 1. The van der Waals surface area contributed by atoms with Crippen LogP contribution in [-0.2, 0) is 9.59 Å². The lowest BCUT2D eigenvalue weighted by atomic mass is 10.0. The smallest absolute Gasteiger partial charge is 0.328 e. The number of rotatable bonds is 5. The van der Waals surface area contributed by atoms with Crippen LogP contribution in [0.2, 0.25) is 0 Å².